The number of para-hydroxylation sites is 1. The van der Waals surface area contributed by atoms with Crippen LogP contribution in [0, 0.1) is 0 Å². The van der Waals surface area contributed by atoms with Crippen LogP contribution < -0.4 is 0 Å². The number of pyridine rings is 2. The van der Waals surface area contributed by atoms with Crippen molar-refractivity contribution in [1.29, 1.82) is 0 Å². The molecule has 1 aliphatic carbocycles. The molecule has 5 rings (SSSR count). The first-order valence-corrected chi connectivity index (χ1v) is 11.0. The number of carbonyl (C=O) groups is 1. The minimum atomic E-state index is 0.124. The van der Waals surface area contributed by atoms with Gasteiger partial charge in [0.2, 0.25) is 0 Å². The summed E-state index contributed by atoms with van der Waals surface area (Å²) < 4.78 is 0. The molecule has 6 nitrogen and oxygen atoms in total. The summed E-state index contributed by atoms with van der Waals surface area (Å²) in [6, 6.07) is 10.0. The van der Waals surface area contributed by atoms with Gasteiger partial charge in [0.25, 0.3) is 0 Å². The molecule has 156 valence electrons. The van der Waals surface area contributed by atoms with Crippen molar-refractivity contribution in [1.82, 2.24) is 25.0 Å². The zero-order valence-electron chi connectivity index (χ0n) is 17.0. The fourth-order valence-electron chi connectivity index (χ4n) is 4.58. The Morgan fingerprint density at radius 3 is 2.58 bits per heavy atom. The Balaban J connectivity index is 1.39. The molecule has 1 saturated carbocycles. The summed E-state index contributed by atoms with van der Waals surface area (Å²) in [6.07, 6.45) is 12.2. The molecule has 0 unspecified atom stereocenters. The first-order valence-electron chi connectivity index (χ1n) is 10.6. The van der Waals surface area contributed by atoms with Gasteiger partial charge in [-0.1, -0.05) is 42.6 Å². The van der Waals surface area contributed by atoms with E-state index in [1.807, 2.05) is 18.3 Å². The van der Waals surface area contributed by atoms with Crippen molar-refractivity contribution in [2.45, 2.75) is 44.4 Å². The van der Waals surface area contributed by atoms with Gasteiger partial charge in [-0.15, -0.1) is 4.80 Å². The summed E-state index contributed by atoms with van der Waals surface area (Å²) >= 11 is 6.36. The van der Waals surface area contributed by atoms with E-state index in [1.54, 1.807) is 24.7 Å². The molecule has 0 aliphatic heterocycles. The fraction of sp³-hybridized carbons (Fsp3) is 0.292. The van der Waals surface area contributed by atoms with Gasteiger partial charge in [-0.2, -0.15) is 10.2 Å². The molecule has 0 spiro atoms. The monoisotopic (exact) mass is 431 g/mol. The summed E-state index contributed by atoms with van der Waals surface area (Å²) in [7, 11) is 0. The summed E-state index contributed by atoms with van der Waals surface area (Å²) in [5.41, 5.74) is 4.14. The number of Topliss-reactive ketones (excluding diaryl/α,β-unsaturated/α-hetero) is 1. The van der Waals surface area contributed by atoms with Gasteiger partial charge in [0.05, 0.1) is 22.9 Å². The Labute approximate surface area is 185 Å². The van der Waals surface area contributed by atoms with Gasteiger partial charge in [-0.3, -0.25) is 9.78 Å². The number of hydrogen-bond donors (Lipinski definition) is 0. The average Bonchev–Trinajstić information content (AvgIpc) is 3.48. The Morgan fingerprint density at radius 2 is 1.81 bits per heavy atom. The van der Waals surface area contributed by atoms with Crippen molar-refractivity contribution >= 4 is 28.3 Å². The molecule has 1 aliphatic rings. The second kappa shape index (κ2) is 8.55. The molecular weight excluding hydrogens is 410 g/mol. The van der Waals surface area contributed by atoms with Gasteiger partial charge in [0, 0.05) is 30.6 Å². The van der Waals surface area contributed by atoms with Crippen molar-refractivity contribution in [3.8, 4) is 5.82 Å². The van der Waals surface area contributed by atoms with Crippen LogP contribution in [0.3, 0.4) is 0 Å². The maximum atomic E-state index is 13.0. The highest BCUT2D eigenvalue weighted by Crippen LogP contribution is 2.39. The molecule has 3 heterocycles. The fourth-order valence-corrected chi connectivity index (χ4v) is 4.85. The van der Waals surface area contributed by atoms with Gasteiger partial charge in [0.15, 0.2) is 5.82 Å². The second-order valence-electron chi connectivity index (χ2n) is 8.06. The van der Waals surface area contributed by atoms with Gasteiger partial charge in [0.1, 0.15) is 5.78 Å². The highest BCUT2D eigenvalue weighted by atomic mass is 35.5. The van der Waals surface area contributed by atoms with E-state index in [1.165, 1.54) is 41.4 Å². The third kappa shape index (κ3) is 4.08. The van der Waals surface area contributed by atoms with E-state index >= 15 is 0 Å². The van der Waals surface area contributed by atoms with Crippen LogP contribution in [0.25, 0.3) is 16.7 Å². The van der Waals surface area contributed by atoms with Crippen molar-refractivity contribution in [3.05, 3.63) is 76.8 Å². The third-order valence-corrected chi connectivity index (χ3v) is 6.22. The van der Waals surface area contributed by atoms with E-state index in [2.05, 4.69) is 32.3 Å². The van der Waals surface area contributed by atoms with Crippen LogP contribution >= 0.6 is 11.6 Å². The molecule has 0 amide bonds. The van der Waals surface area contributed by atoms with Crippen LogP contribution in [0.5, 0.6) is 0 Å². The number of ketones is 1. The van der Waals surface area contributed by atoms with Crippen LogP contribution in [0.4, 0.5) is 0 Å². The van der Waals surface area contributed by atoms with Crippen molar-refractivity contribution in [3.63, 3.8) is 0 Å². The molecular formula is C24H22ClN5O. The Morgan fingerprint density at radius 1 is 1.03 bits per heavy atom. The number of aromatic nitrogens is 5. The van der Waals surface area contributed by atoms with Crippen molar-refractivity contribution in [2.75, 3.05) is 0 Å². The maximum Gasteiger partial charge on any atom is 0.193 e. The predicted molar refractivity (Wildman–Crippen MR) is 120 cm³/mol. The number of rotatable bonds is 6. The van der Waals surface area contributed by atoms with Gasteiger partial charge in [-0.25, -0.2) is 4.98 Å². The molecule has 1 fully saturated rings. The van der Waals surface area contributed by atoms with Gasteiger partial charge >= 0.3 is 0 Å². The number of fused-ring (bicyclic) bond motifs is 1. The highest BCUT2D eigenvalue weighted by molar-refractivity contribution is 6.32. The predicted octanol–water partition coefficient (Wildman–Crippen LogP) is 4.88. The van der Waals surface area contributed by atoms with E-state index in [-0.39, 0.29) is 12.2 Å². The van der Waals surface area contributed by atoms with E-state index in [0.717, 1.165) is 16.6 Å². The molecule has 0 saturated heterocycles. The lowest BCUT2D eigenvalue weighted by molar-refractivity contribution is -0.117. The lowest BCUT2D eigenvalue weighted by Crippen LogP contribution is -2.11. The standard InChI is InChI=1S/C24H22ClN5O/c25-21-12-16(14-27-24(21)30-28-9-10-29-30)11-19(31)13-18-15-26-22-8-4-3-7-20(22)23(18)17-5-1-2-6-17/h3-4,7-10,12,14-15,17H,1-2,5-6,11,13H2. The first kappa shape index (κ1) is 19.8. The van der Waals surface area contributed by atoms with E-state index < -0.39 is 0 Å². The third-order valence-electron chi connectivity index (χ3n) is 5.94. The quantitative estimate of drug-likeness (QED) is 0.435. The zero-order valence-corrected chi connectivity index (χ0v) is 17.8. The highest BCUT2D eigenvalue weighted by Gasteiger charge is 2.23. The van der Waals surface area contributed by atoms with Crippen molar-refractivity contribution in [2.24, 2.45) is 0 Å². The van der Waals surface area contributed by atoms with Crippen LogP contribution in [0.15, 0.2) is 55.1 Å². The van der Waals surface area contributed by atoms with Crippen LogP contribution in [-0.2, 0) is 17.6 Å². The summed E-state index contributed by atoms with van der Waals surface area (Å²) in [4.78, 5) is 23.3. The van der Waals surface area contributed by atoms with Crippen molar-refractivity contribution < 1.29 is 4.79 Å². The van der Waals surface area contributed by atoms with Crippen LogP contribution in [0.1, 0.15) is 48.3 Å². The smallest absolute Gasteiger partial charge is 0.193 e. The summed E-state index contributed by atoms with van der Waals surface area (Å²) in [5.74, 6) is 1.08. The van der Waals surface area contributed by atoms with Crippen LogP contribution in [-0.4, -0.2) is 30.7 Å². The summed E-state index contributed by atoms with van der Waals surface area (Å²) in [5, 5.41) is 9.70. The maximum absolute atomic E-state index is 13.0. The number of hydrogen-bond acceptors (Lipinski definition) is 5. The zero-order chi connectivity index (χ0) is 21.2. The normalized spacial score (nSPS) is 14.4. The van der Waals surface area contributed by atoms with Crippen LogP contribution in [0.2, 0.25) is 5.02 Å². The minimum absolute atomic E-state index is 0.124. The molecule has 0 radical (unpaired) electrons. The average molecular weight is 432 g/mol. The number of benzene rings is 1. The number of carbonyl (C=O) groups excluding carboxylic acids is 1. The summed E-state index contributed by atoms with van der Waals surface area (Å²) in [6.45, 7) is 0. The van der Waals surface area contributed by atoms with E-state index in [9.17, 15) is 4.79 Å². The Hall–Kier alpha value is -3.12. The molecule has 0 bridgehead atoms. The van der Waals surface area contributed by atoms with Gasteiger partial charge < -0.3 is 0 Å². The van der Waals surface area contributed by atoms with E-state index in [4.69, 9.17) is 11.6 Å². The molecule has 7 heteroatoms. The molecule has 4 aromatic rings. The molecule has 31 heavy (non-hydrogen) atoms. The number of halogens is 1. The van der Waals surface area contributed by atoms with Gasteiger partial charge in [-0.05, 0) is 47.6 Å². The topological polar surface area (TPSA) is 73.6 Å². The van der Waals surface area contributed by atoms with E-state index in [0.29, 0.717) is 23.2 Å². The molecule has 0 atom stereocenters. The lowest BCUT2D eigenvalue weighted by Gasteiger charge is -2.18. The second-order valence-corrected chi connectivity index (χ2v) is 8.46. The molecule has 1 aromatic carbocycles. The SMILES string of the molecule is O=C(Cc1cnc(-n2nccn2)c(Cl)c1)Cc1cnc2ccccc2c1C1CCCC1. The minimum Gasteiger partial charge on any atom is -0.299 e. The first-order chi connectivity index (χ1) is 15.2. The molecule has 0 N–H and O–H groups in total. The Bertz CT molecular complexity index is 1230. The largest absolute Gasteiger partial charge is 0.299 e. The Kier molecular flexibility index (Phi) is 5.47. The molecule has 3 aromatic heterocycles. The number of nitrogens with zero attached hydrogens (tertiary/aromatic N) is 5. The lowest BCUT2D eigenvalue weighted by atomic mass is 9.88.